The van der Waals surface area contributed by atoms with Crippen LogP contribution < -0.4 is 10.5 Å². The van der Waals surface area contributed by atoms with Crippen LogP contribution >= 0.6 is 0 Å². The molecule has 0 N–H and O–H groups in total. The van der Waals surface area contributed by atoms with Crippen LogP contribution in [0.5, 0.6) is 5.75 Å². The number of oxazole rings is 1. The summed E-state index contributed by atoms with van der Waals surface area (Å²) < 4.78 is 39.1. The van der Waals surface area contributed by atoms with Gasteiger partial charge < -0.3 is 9.15 Å². The Balaban J connectivity index is 1.45. The molecule has 1 aliphatic heterocycles. The Bertz CT molecular complexity index is 1130. The number of sulfonamides is 1. The molecule has 0 saturated carbocycles. The summed E-state index contributed by atoms with van der Waals surface area (Å²) in [6.45, 7) is 2.15. The molecule has 28 heavy (non-hydrogen) atoms. The van der Waals surface area contributed by atoms with Gasteiger partial charge in [0.25, 0.3) is 0 Å². The first-order valence-electron chi connectivity index (χ1n) is 8.94. The van der Waals surface area contributed by atoms with Crippen LogP contribution in [0.25, 0.3) is 11.1 Å². The fourth-order valence-corrected chi connectivity index (χ4v) is 4.78. The zero-order chi connectivity index (χ0) is 19.7. The Morgan fingerprint density at radius 1 is 1.00 bits per heavy atom. The molecule has 0 atom stereocenters. The standard InChI is InChI=1S/C19H21N3O5S/c1-26-15-6-8-16(9-7-15)28(24,25)21-12-10-20(11-13-21)14-22-17-4-2-3-5-18(17)27-19(22)23/h2-9H,10-14H2,1H3. The summed E-state index contributed by atoms with van der Waals surface area (Å²) in [4.78, 5) is 14.4. The summed E-state index contributed by atoms with van der Waals surface area (Å²) >= 11 is 0. The number of nitrogens with zero attached hydrogens (tertiary/aromatic N) is 3. The highest BCUT2D eigenvalue weighted by atomic mass is 32.2. The highest BCUT2D eigenvalue weighted by molar-refractivity contribution is 7.89. The molecule has 9 heteroatoms. The fraction of sp³-hybridized carbons (Fsp3) is 0.316. The van der Waals surface area contributed by atoms with Crippen LogP contribution in [-0.2, 0) is 16.7 Å². The van der Waals surface area contributed by atoms with Crippen molar-refractivity contribution in [3.63, 3.8) is 0 Å². The summed E-state index contributed by atoms with van der Waals surface area (Å²) in [5.41, 5.74) is 1.29. The first-order valence-corrected chi connectivity index (χ1v) is 10.4. The third kappa shape index (κ3) is 3.44. The molecule has 0 bridgehead atoms. The number of benzene rings is 2. The molecule has 0 unspecified atom stereocenters. The van der Waals surface area contributed by atoms with Gasteiger partial charge in [0.1, 0.15) is 5.75 Å². The van der Waals surface area contributed by atoms with Gasteiger partial charge in [-0.25, -0.2) is 13.2 Å². The van der Waals surface area contributed by atoms with Gasteiger partial charge in [0.15, 0.2) is 5.58 Å². The Labute approximate surface area is 162 Å². The molecule has 2 aromatic carbocycles. The number of para-hydroxylation sites is 2. The highest BCUT2D eigenvalue weighted by Crippen LogP contribution is 2.21. The van der Waals surface area contributed by atoms with E-state index in [4.69, 9.17) is 9.15 Å². The second-order valence-corrected chi connectivity index (χ2v) is 8.54. The number of methoxy groups -OCH3 is 1. The second kappa shape index (κ2) is 7.42. The van der Waals surface area contributed by atoms with Gasteiger partial charge in [-0.15, -0.1) is 0 Å². The van der Waals surface area contributed by atoms with Crippen molar-refractivity contribution in [1.29, 1.82) is 0 Å². The van der Waals surface area contributed by atoms with Gasteiger partial charge in [-0.05, 0) is 36.4 Å². The minimum Gasteiger partial charge on any atom is -0.497 e. The van der Waals surface area contributed by atoms with Crippen LogP contribution in [-0.4, -0.2) is 55.5 Å². The molecule has 1 aromatic heterocycles. The Kier molecular flexibility index (Phi) is 4.96. The van der Waals surface area contributed by atoms with E-state index in [0.717, 1.165) is 5.52 Å². The average Bonchev–Trinajstić information content (AvgIpc) is 3.04. The summed E-state index contributed by atoms with van der Waals surface area (Å²) in [6.07, 6.45) is 0. The minimum atomic E-state index is -3.55. The topological polar surface area (TPSA) is 85.0 Å². The van der Waals surface area contributed by atoms with E-state index in [1.54, 1.807) is 34.9 Å². The molecule has 0 aliphatic carbocycles. The van der Waals surface area contributed by atoms with E-state index in [9.17, 15) is 13.2 Å². The van der Waals surface area contributed by atoms with Crippen LogP contribution in [0.3, 0.4) is 0 Å². The monoisotopic (exact) mass is 403 g/mol. The Morgan fingerprint density at radius 2 is 1.68 bits per heavy atom. The number of aromatic nitrogens is 1. The predicted molar refractivity (Wildman–Crippen MR) is 104 cm³/mol. The van der Waals surface area contributed by atoms with E-state index < -0.39 is 15.8 Å². The molecule has 3 aromatic rings. The van der Waals surface area contributed by atoms with Crippen molar-refractivity contribution in [3.8, 4) is 5.75 Å². The van der Waals surface area contributed by atoms with Crippen LogP contribution in [0, 0.1) is 0 Å². The van der Waals surface area contributed by atoms with E-state index in [2.05, 4.69) is 0 Å². The predicted octanol–water partition coefficient (Wildman–Crippen LogP) is 1.57. The van der Waals surface area contributed by atoms with E-state index in [1.165, 1.54) is 11.4 Å². The van der Waals surface area contributed by atoms with Gasteiger partial charge in [-0.2, -0.15) is 4.31 Å². The third-order valence-electron chi connectivity index (χ3n) is 4.94. The van der Waals surface area contributed by atoms with Crippen LogP contribution in [0.15, 0.2) is 62.6 Å². The summed E-state index contributed by atoms with van der Waals surface area (Å²) in [7, 11) is -2.01. The fourth-order valence-electron chi connectivity index (χ4n) is 3.36. The molecule has 1 fully saturated rings. The van der Waals surface area contributed by atoms with Crippen LogP contribution in [0.4, 0.5) is 0 Å². The number of piperazine rings is 1. The Hall–Kier alpha value is -2.62. The van der Waals surface area contributed by atoms with E-state index in [0.29, 0.717) is 44.2 Å². The van der Waals surface area contributed by atoms with Crippen molar-refractivity contribution in [2.24, 2.45) is 0 Å². The van der Waals surface area contributed by atoms with Gasteiger partial charge >= 0.3 is 5.76 Å². The van der Waals surface area contributed by atoms with Crippen molar-refractivity contribution in [2.75, 3.05) is 33.3 Å². The molecule has 0 amide bonds. The van der Waals surface area contributed by atoms with Gasteiger partial charge in [-0.1, -0.05) is 12.1 Å². The average molecular weight is 403 g/mol. The molecule has 4 rings (SSSR count). The van der Waals surface area contributed by atoms with Crippen molar-refractivity contribution in [3.05, 3.63) is 59.1 Å². The zero-order valence-corrected chi connectivity index (χ0v) is 16.3. The van der Waals surface area contributed by atoms with Crippen LogP contribution in [0.1, 0.15) is 0 Å². The maximum Gasteiger partial charge on any atom is 0.421 e. The maximum atomic E-state index is 12.8. The summed E-state index contributed by atoms with van der Waals surface area (Å²) in [5.74, 6) is 0.205. The lowest BCUT2D eigenvalue weighted by Gasteiger charge is -2.33. The number of hydrogen-bond acceptors (Lipinski definition) is 6. The van der Waals surface area contributed by atoms with Gasteiger partial charge in [0.2, 0.25) is 10.0 Å². The van der Waals surface area contributed by atoms with Gasteiger partial charge in [-0.3, -0.25) is 9.47 Å². The normalized spacial score (nSPS) is 16.5. The molecule has 0 radical (unpaired) electrons. The molecule has 1 saturated heterocycles. The molecule has 2 heterocycles. The highest BCUT2D eigenvalue weighted by Gasteiger charge is 2.29. The number of hydrogen-bond donors (Lipinski definition) is 0. The van der Waals surface area contributed by atoms with Crippen molar-refractivity contribution in [1.82, 2.24) is 13.8 Å². The lowest BCUT2D eigenvalue weighted by Crippen LogP contribution is -2.49. The number of ether oxygens (including phenoxy) is 1. The van der Waals surface area contributed by atoms with Crippen molar-refractivity contribution < 1.29 is 17.6 Å². The molecular weight excluding hydrogens is 382 g/mol. The SMILES string of the molecule is COc1ccc(S(=O)(=O)N2CCN(Cn3c(=O)oc4ccccc43)CC2)cc1. The zero-order valence-electron chi connectivity index (χ0n) is 15.4. The van der Waals surface area contributed by atoms with Crippen LogP contribution in [0.2, 0.25) is 0 Å². The first-order chi connectivity index (χ1) is 13.5. The van der Waals surface area contributed by atoms with E-state index in [-0.39, 0.29) is 4.90 Å². The van der Waals surface area contributed by atoms with Gasteiger partial charge in [0, 0.05) is 26.2 Å². The lowest BCUT2D eigenvalue weighted by atomic mass is 10.3. The quantitative estimate of drug-likeness (QED) is 0.643. The summed E-state index contributed by atoms with van der Waals surface area (Å²) in [6, 6.07) is 13.7. The van der Waals surface area contributed by atoms with Crippen molar-refractivity contribution in [2.45, 2.75) is 11.6 Å². The number of rotatable bonds is 5. The molecule has 8 nitrogen and oxygen atoms in total. The molecular formula is C19H21N3O5S. The lowest BCUT2D eigenvalue weighted by molar-refractivity contribution is 0.150. The smallest absolute Gasteiger partial charge is 0.421 e. The molecule has 148 valence electrons. The summed E-state index contributed by atoms with van der Waals surface area (Å²) in [5, 5.41) is 0. The van der Waals surface area contributed by atoms with E-state index >= 15 is 0 Å². The molecule has 1 aliphatic rings. The largest absolute Gasteiger partial charge is 0.497 e. The maximum absolute atomic E-state index is 12.8. The van der Waals surface area contributed by atoms with Crippen molar-refractivity contribution >= 4 is 21.1 Å². The third-order valence-corrected chi connectivity index (χ3v) is 6.86. The Morgan fingerprint density at radius 3 is 2.36 bits per heavy atom. The first kappa shape index (κ1) is 18.7. The second-order valence-electron chi connectivity index (χ2n) is 6.60. The number of fused-ring (bicyclic) bond motifs is 1. The van der Waals surface area contributed by atoms with E-state index in [1.807, 2.05) is 23.1 Å². The molecule has 0 spiro atoms. The minimum absolute atomic E-state index is 0.249. The van der Waals surface area contributed by atoms with Gasteiger partial charge in [0.05, 0.1) is 24.2 Å².